The van der Waals surface area contributed by atoms with E-state index in [0.29, 0.717) is 18.4 Å². The lowest BCUT2D eigenvalue weighted by Crippen LogP contribution is -2.28. The Labute approximate surface area is 125 Å². The Morgan fingerprint density at radius 3 is 2.23 bits per heavy atom. The third kappa shape index (κ3) is 2.60. The quantitative estimate of drug-likeness (QED) is 0.616. The molecule has 22 heavy (non-hydrogen) atoms. The normalized spacial score (nSPS) is 24.8. The number of ketones is 1. The van der Waals surface area contributed by atoms with E-state index in [1.165, 1.54) is 12.1 Å². The van der Waals surface area contributed by atoms with Gasteiger partial charge in [-0.05, 0) is 48.9 Å². The Hall–Kier alpha value is -1.57. The number of hydrogen-bond donors (Lipinski definition) is 0. The summed E-state index contributed by atoms with van der Waals surface area (Å²) < 4.78 is 63.2. The molecule has 0 heterocycles. The second-order valence-corrected chi connectivity index (χ2v) is 7.23. The minimum absolute atomic E-state index is 0.0306. The zero-order chi connectivity index (χ0) is 16.1. The molecule has 1 aromatic carbocycles. The van der Waals surface area contributed by atoms with Crippen LogP contribution in [-0.2, 0) is 27.8 Å². The van der Waals surface area contributed by atoms with E-state index in [1.54, 1.807) is 6.07 Å². The van der Waals surface area contributed by atoms with Gasteiger partial charge >= 0.3 is 15.6 Å². The number of alkyl halides is 3. The highest BCUT2D eigenvalue weighted by Gasteiger charge is 2.48. The van der Waals surface area contributed by atoms with Crippen molar-refractivity contribution in [2.24, 2.45) is 11.8 Å². The van der Waals surface area contributed by atoms with Crippen LogP contribution in [0.5, 0.6) is 5.75 Å². The van der Waals surface area contributed by atoms with Gasteiger partial charge in [0.25, 0.3) is 0 Å². The van der Waals surface area contributed by atoms with Gasteiger partial charge in [-0.3, -0.25) is 4.79 Å². The molecule has 2 aliphatic carbocycles. The van der Waals surface area contributed by atoms with Crippen molar-refractivity contribution < 1.29 is 30.6 Å². The number of hydrogen-bond acceptors (Lipinski definition) is 4. The lowest BCUT2D eigenvalue weighted by Gasteiger charge is -2.14. The Kier molecular flexibility index (Phi) is 3.47. The molecule has 0 saturated heterocycles. The van der Waals surface area contributed by atoms with Crippen molar-refractivity contribution in [2.75, 3.05) is 0 Å². The minimum Gasteiger partial charge on any atom is -0.376 e. The smallest absolute Gasteiger partial charge is 0.376 e. The van der Waals surface area contributed by atoms with Crippen molar-refractivity contribution in [1.82, 2.24) is 0 Å². The standard InChI is InChI=1S/C14H13F3O4S/c15-14(16,17)22(19,20)21-12-4-3-8-5-9-1-2-10(13(9)18)6-11(8)7-12/h3-4,7,9-10H,1-2,5-6H2/t9-,10+/m0/s1. The predicted octanol–water partition coefficient (Wildman–Crippen LogP) is 2.61. The number of rotatable bonds is 2. The van der Waals surface area contributed by atoms with Gasteiger partial charge in [-0.25, -0.2) is 0 Å². The Morgan fingerprint density at radius 2 is 1.64 bits per heavy atom. The monoisotopic (exact) mass is 334 g/mol. The first-order chi connectivity index (χ1) is 10.2. The average Bonchev–Trinajstić information content (AvgIpc) is 2.63. The summed E-state index contributed by atoms with van der Waals surface area (Å²) in [5.74, 6) is -0.333. The molecule has 1 saturated carbocycles. The van der Waals surface area contributed by atoms with Crippen molar-refractivity contribution in [2.45, 2.75) is 31.2 Å². The zero-order valence-electron chi connectivity index (χ0n) is 11.4. The molecule has 0 spiro atoms. The van der Waals surface area contributed by atoms with E-state index < -0.39 is 15.6 Å². The average molecular weight is 334 g/mol. The highest BCUT2D eigenvalue weighted by atomic mass is 32.2. The molecule has 2 aliphatic rings. The van der Waals surface area contributed by atoms with Crippen LogP contribution in [0.15, 0.2) is 18.2 Å². The van der Waals surface area contributed by atoms with Gasteiger partial charge in [-0.15, -0.1) is 0 Å². The maximum Gasteiger partial charge on any atom is 0.534 e. The van der Waals surface area contributed by atoms with Gasteiger partial charge in [-0.1, -0.05) is 6.07 Å². The van der Waals surface area contributed by atoms with E-state index in [1.807, 2.05) is 0 Å². The van der Waals surface area contributed by atoms with Crippen molar-refractivity contribution in [1.29, 1.82) is 0 Å². The van der Waals surface area contributed by atoms with E-state index in [-0.39, 0.29) is 23.4 Å². The number of benzene rings is 1. The molecule has 3 rings (SSSR count). The largest absolute Gasteiger partial charge is 0.534 e. The fourth-order valence-corrected chi connectivity index (χ4v) is 3.63. The fourth-order valence-electron chi connectivity index (χ4n) is 3.17. The summed E-state index contributed by atoms with van der Waals surface area (Å²) >= 11 is 0. The number of halogens is 3. The molecular weight excluding hydrogens is 321 g/mol. The van der Waals surface area contributed by atoms with Crippen molar-refractivity contribution in [3.63, 3.8) is 0 Å². The zero-order valence-corrected chi connectivity index (χ0v) is 12.2. The summed E-state index contributed by atoms with van der Waals surface area (Å²) in [5.41, 5.74) is -3.90. The molecule has 4 nitrogen and oxygen atoms in total. The molecule has 1 aromatic rings. The Bertz CT molecular complexity index is 724. The van der Waals surface area contributed by atoms with E-state index in [4.69, 9.17) is 0 Å². The second kappa shape index (κ2) is 4.97. The van der Waals surface area contributed by atoms with Crippen molar-refractivity contribution >= 4 is 15.9 Å². The van der Waals surface area contributed by atoms with E-state index >= 15 is 0 Å². The van der Waals surface area contributed by atoms with Gasteiger partial charge in [0.1, 0.15) is 11.5 Å². The van der Waals surface area contributed by atoms with Crippen LogP contribution in [0, 0.1) is 11.8 Å². The lowest BCUT2D eigenvalue weighted by molar-refractivity contribution is -0.123. The van der Waals surface area contributed by atoms with Crippen LogP contribution in [0.3, 0.4) is 0 Å². The third-order valence-electron chi connectivity index (χ3n) is 4.27. The molecule has 0 unspecified atom stereocenters. The SMILES string of the molecule is O=C1[C@@H]2CC[C@H]1Cc1ccc(OS(=O)(=O)C(F)(F)F)cc1C2. The molecule has 0 amide bonds. The summed E-state index contributed by atoms with van der Waals surface area (Å²) in [6.07, 6.45) is 2.59. The predicted molar refractivity (Wildman–Crippen MR) is 70.7 cm³/mol. The van der Waals surface area contributed by atoms with E-state index in [2.05, 4.69) is 4.18 Å². The first kappa shape index (κ1) is 15.3. The van der Waals surface area contributed by atoms with Crippen LogP contribution in [0.1, 0.15) is 24.0 Å². The molecule has 2 bridgehead atoms. The van der Waals surface area contributed by atoms with Crippen LogP contribution in [0.4, 0.5) is 13.2 Å². The summed E-state index contributed by atoms with van der Waals surface area (Å²) in [6.45, 7) is 0. The molecule has 1 fully saturated rings. The van der Waals surface area contributed by atoms with Gasteiger partial charge in [0.15, 0.2) is 0 Å². The van der Waals surface area contributed by atoms with Gasteiger partial charge in [0.05, 0.1) is 0 Å². The highest BCUT2D eigenvalue weighted by Crippen LogP contribution is 2.38. The highest BCUT2D eigenvalue weighted by molar-refractivity contribution is 7.88. The Morgan fingerprint density at radius 1 is 1.05 bits per heavy atom. The molecule has 120 valence electrons. The molecule has 8 heteroatoms. The van der Waals surface area contributed by atoms with Gasteiger partial charge in [0.2, 0.25) is 0 Å². The molecule has 0 N–H and O–H groups in total. The molecule has 0 aromatic heterocycles. The Balaban J connectivity index is 1.90. The van der Waals surface area contributed by atoms with Crippen LogP contribution in [0.25, 0.3) is 0 Å². The number of carbonyl (C=O) groups is 1. The number of carbonyl (C=O) groups excluding carboxylic acids is 1. The summed E-state index contributed by atoms with van der Waals surface area (Å²) in [6, 6.07) is 4.04. The van der Waals surface area contributed by atoms with Crippen molar-refractivity contribution in [3.05, 3.63) is 29.3 Å². The molecule has 2 atom stereocenters. The molecular formula is C14H13F3O4S. The van der Waals surface area contributed by atoms with Crippen LogP contribution in [-0.4, -0.2) is 19.7 Å². The first-order valence-electron chi connectivity index (χ1n) is 6.83. The number of Topliss-reactive ketones (excluding diaryl/α,β-unsaturated/α-hetero) is 1. The summed E-state index contributed by atoms with van der Waals surface area (Å²) in [7, 11) is -5.67. The minimum atomic E-state index is -5.67. The van der Waals surface area contributed by atoms with Crippen LogP contribution in [0.2, 0.25) is 0 Å². The van der Waals surface area contributed by atoms with Gasteiger partial charge in [-0.2, -0.15) is 21.6 Å². The lowest BCUT2D eigenvalue weighted by atomic mass is 9.93. The van der Waals surface area contributed by atoms with Gasteiger partial charge in [0, 0.05) is 11.8 Å². The van der Waals surface area contributed by atoms with Crippen LogP contribution < -0.4 is 4.18 Å². The topological polar surface area (TPSA) is 60.4 Å². The maximum atomic E-state index is 12.3. The fraction of sp³-hybridized carbons (Fsp3) is 0.500. The number of fused-ring (bicyclic) bond motifs is 3. The van der Waals surface area contributed by atoms with Crippen molar-refractivity contribution in [3.8, 4) is 5.75 Å². The summed E-state index contributed by atoms with van der Waals surface area (Å²) in [4.78, 5) is 12.0. The van der Waals surface area contributed by atoms with Crippen LogP contribution >= 0.6 is 0 Å². The van der Waals surface area contributed by atoms with E-state index in [0.717, 1.165) is 18.4 Å². The summed E-state index contributed by atoms with van der Waals surface area (Å²) in [5, 5.41) is 0. The first-order valence-corrected chi connectivity index (χ1v) is 8.24. The van der Waals surface area contributed by atoms with Gasteiger partial charge < -0.3 is 4.18 Å². The van der Waals surface area contributed by atoms with E-state index in [9.17, 15) is 26.4 Å². The maximum absolute atomic E-state index is 12.3. The third-order valence-corrected chi connectivity index (χ3v) is 5.25. The second-order valence-electron chi connectivity index (χ2n) is 5.70. The molecule has 0 aliphatic heterocycles. The molecule has 0 radical (unpaired) electrons.